The molecule has 132 valence electrons. The zero-order valence-corrected chi connectivity index (χ0v) is 14.4. The van der Waals surface area contributed by atoms with Crippen molar-refractivity contribution in [3.8, 4) is 0 Å². The van der Waals surface area contributed by atoms with E-state index in [9.17, 15) is 9.59 Å². The third kappa shape index (κ3) is 5.57. The number of amides is 4. The predicted molar refractivity (Wildman–Crippen MR) is 88.3 cm³/mol. The highest BCUT2D eigenvalue weighted by Gasteiger charge is 2.28. The summed E-state index contributed by atoms with van der Waals surface area (Å²) >= 11 is 0. The Morgan fingerprint density at radius 1 is 1.17 bits per heavy atom. The van der Waals surface area contributed by atoms with Gasteiger partial charge < -0.3 is 25.6 Å². The van der Waals surface area contributed by atoms with Crippen LogP contribution in [0.1, 0.15) is 40.0 Å². The molecule has 2 fully saturated rings. The molecule has 23 heavy (non-hydrogen) atoms. The van der Waals surface area contributed by atoms with Gasteiger partial charge >= 0.3 is 12.1 Å². The van der Waals surface area contributed by atoms with Crippen LogP contribution < -0.4 is 16.0 Å². The van der Waals surface area contributed by atoms with Gasteiger partial charge in [-0.3, -0.25) is 0 Å². The van der Waals surface area contributed by atoms with Gasteiger partial charge in [0, 0.05) is 32.2 Å². The van der Waals surface area contributed by atoms with Crippen molar-refractivity contribution in [2.75, 3.05) is 26.2 Å². The van der Waals surface area contributed by atoms with Crippen molar-refractivity contribution in [2.24, 2.45) is 5.92 Å². The molecule has 7 nitrogen and oxygen atoms in total. The third-order valence-corrected chi connectivity index (χ3v) is 4.49. The molecule has 0 saturated carbocycles. The van der Waals surface area contributed by atoms with Gasteiger partial charge in [-0.1, -0.05) is 0 Å². The number of hydrogen-bond acceptors (Lipinski definition) is 3. The molecule has 0 unspecified atom stereocenters. The number of urea groups is 2. The minimum atomic E-state index is -0.139. The molecule has 2 saturated heterocycles. The Morgan fingerprint density at radius 2 is 1.87 bits per heavy atom. The lowest BCUT2D eigenvalue weighted by Crippen LogP contribution is -2.47. The number of ether oxygens (including phenoxy) is 1. The van der Waals surface area contributed by atoms with E-state index in [2.05, 4.69) is 29.8 Å². The number of nitrogens with one attached hydrogen (secondary N) is 3. The average molecular weight is 326 g/mol. The largest absolute Gasteiger partial charge is 0.376 e. The first-order valence-corrected chi connectivity index (χ1v) is 8.70. The predicted octanol–water partition coefficient (Wildman–Crippen LogP) is 1.29. The van der Waals surface area contributed by atoms with Gasteiger partial charge in [-0.2, -0.15) is 0 Å². The van der Waals surface area contributed by atoms with E-state index >= 15 is 0 Å². The minimum absolute atomic E-state index is 0.0325. The SMILES string of the molecule is CCNC(=O)N1CC[C@H](NC(=O)NCC2C[C@@H](C)O[C@H](C)C2)C1. The van der Waals surface area contributed by atoms with Gasteiger partial charge in [0.25, 0.3) is 0 Å². The van der Waals surface area contributed by atoms with E-state index in [-0.39, 0.29) is 30.3 Å². The molecule has 0 bridgehead atoms. The summed E-state index contributed by atoms with van der Waals surface area (Å²) in [6, 6.07) is -0.160. The number of carbonyl (C=O) groups is 2. The summed E-state index contributed by atoms with van der Waals surface area (Å²) in [5, 5.41) is 8.71. The summed E-state index contributed by atoms with van der Waals surface area (Å²) in [5.41, 5.74) is 0. The van der Waals surface area contributed by atoms with Crippen molar-refractivity contribution in [3.63, 3.8) is 0 Å². The number of nitrogens with zero attached hydrogens (tertiary/aromatic N) is 1. The smallest absolute Gasteiger partial charge is 0.317 e. The van der Waals surface area contributed by atoms with Gasteiger partial charge in [-0.15, -0.1) is 0 Å². The Labute approximate surface area is 138 Å². The fraction of sp³-hybridized carbons (Fsp3) is 0.875. The Balaban J connectivity index is 1.66. The molecule has 3 atom stereocenters. The normalized spacial score (nSPS) is 30.8. The van der Waals surface area contributed by atoms with Crippen molar-refractivity contribution in [1.29, 1.82) is 0 Å². The second-order valence-corrected chi connectivity index (χ2v) is 6.72. The maximum Gasteiger partial charge on any atom is 0.317 e. The second-order valence-electron chi connectivity index (χ2n) is 6.72. The molecule has 0 aliphatic carbocycles. The van der Waals surface area contributed by atoms with Crippen LogP contribution in [0.4, 0.5) is 9.59 Å². The van der Waals surface area contributed by atoms with Gasteiger partial charge in [0.2, 0.25) is 0 Å². The fourth-order valence-electron chi connectivity index (χ4n) is 3.51. The van der Waals surface area contributed by atoms with Crippen LogP contribution in [0.3, 0.4) is 0 Å². The Kier molecular flexibility index (Phi) is 6.50. The molecule has 3 N–H and O–H groups in total. The molecule has 2 rings (SSSR count). The fourth-order valence-corrected chi connectivity index (χ4v) is 3.51. The van der Waals surface area contributed by atoms with E-state index < -0.39 is 0 Å². The quantitative estimate of drug-likeness (QED) is 0.728. The Hall–Kier alpha value is -1.50. The molecular weight excluding hydrogens is 296 g/mol. The van der Waals surface area contributed by atoms with E-state index in [1.165, 1.54) is 0 Å². The van der Waals surface area contributed by atoms with Crippen molar-refractivity contribution in [3.05, 3.63) is 0 Å². The van der Waals surface area contributed by atoms with E-state index in [4.69, 9.17) is 4.74 Å². The van der Waals surface area contributed by atoms with Crippen molar-refractivity contribution in [1.82, 2.24) is 20.9 Å². The highest BCUT2D eigenvalue weighted by molar-refractivity contribution is 5.76. The summed E-state index contributed by atoms with van der Waals surface area (Å²) in [6.07, 6.45) is 3.29. The molecular formula is C16H30N4O3. The van der Waals surface area contributed by atoms with Crippen molar-refractivity contribution >= 4 is 12.1 Å². The lowest BCUT2D eigenvalue weighted by molar-refractivity contribution is -0.0511. The molecule has 2 heterocycles. The van der Waals surface area contributed by atoms with Crippen LogP contribution >= 0.6 is 0 Å². The number of hydrogen-bond donors (Lipinski definition) is 3. The molecule has 0 radical (unpaired) electrons. The Bertz CT molecular complexity index is 408. The van der Waals surface area contributed by atoms with Gasteiger partial charge in [0.1, 0.15) is 0 Å². The van der Waals surface area contributed by atoms with Crippen molar-refractivity contribution in [2.45, 2.75) is 58.3 Å². The molecule has 0 aromatic heterocycles. The monoisotopic (exact) mass is 326 g/mol. The molecule has 0 aromatic carbocycles. The van der Waals surface area contributed by atoms with Crippen LogP contribution in [0.15, 0.2) is 0 Å². The number of likely N-dealkylation sites (tertiary alicyclic amines) is 1. The molecule has 4 amide bonds. The average Bonchev–Trinajstić information content (AvgIpc) is 2.93. The summed E-state index contributed by atoms with van der Waals surface area (Å²) in [7, 11) is 0. The second kappa shape index (κ2) is 8.38. The summed E-state index contributed by atoms with van der Waals surface area (Å²) in [4.78, 5) is 25.5. The van der Waals surface area contributed by atoms with E-state index in [0.717, 1.165) is 19.3 Å². The minimum Gasteiger partial charge on any atom is -0.376 e. The van der Waals surface area contributed by atoms with Gasteiger partial charge in [-0.05, 0) is 46.0 Å². The topological polar surface area (TPSA) is 82.7 Å². The molecule has 2 aliphatic rings. The number of rotatable bonds is 4. The van der Waals surface area contributed by atoms with Gasteiger partial charge in [-0.25, -0.2) is 9.59 Å². The zero-order valence-electron chi connectivity index (χ0n) is 14.4. The highest BCUT2D eigenvalue weighted by atomic mass is 16.5. The highest BCUT2D eigenvalue weighted by Crippen LogP contribution is 2.23. The first-order chi connectivity index (χ1) is 11.0. The zero-order chi connectivity index (χ0) is 16.8. The summed E-state index contributed by atoms with van der Waals surface area (Å²) in [6.45, 7) is 8.62. The van der Waals surface area contributed by atoms with Crippen LogP contribution in [0.25, 0.3) is 0 Å². The first-order valence-electron chi connectivity index (χ1n) is 8.70. The van der Waals surface area contributed by atoms with Crippen LogP contribution in [0.5, 0.6) is 0 Å². The molecule has 0 aromatic rings. The summed E-state index contributed by atoms with van der Waals surface area (Å²) in [5.74, 6) is 0.468. The van der Waals surface area contributed by atoms with E-state index in [0.29, 0.717) is 32.1 Å². The van der Waals surface area contributed by atoms with Crippen molar-refractivity contribution < 1.29 is 14.3 Å². The van der Waals surface area contributed by atoms with Gasteiger partial charge in [0.15, 0.2) is 0 Å². The maximum absolute atomic E-state index is 12.0. The summed E-state index contributed by atoms with van der Waals surface area (Å²) < 4.78 is 5.71. The van der Waals surface area contributed by atoms with E-state index in [1.54, 1.807) is 4.90 Å². The third-order valence-electron chi connectivity index (χ3n) is 4.49. The van der Waals surface area contributed by atoms with E-state index in [1.807, 2.05) is 6.92 Å². The number of carbonyl (C=O) groups excluding carboxylic acids is 2. The molecule has 2 aliphatic heterocycles. The lowest BCUT2D eigenvalue weighted by atomic mass is 9.92. The van der Waals surface area contributed by atoms with Gasteiger partial charge in [0.05, 0.1) is 12.2 Å². The Morgan fingerprint density at radius 3 is 2.52 bits per heavy atom. The van der Waals surface area contributed by atoms with Crippen LogP contribution in [-0.4, -0.2) is 61.4 Å². The molecule has 0 spiro atoms. The lowest BCUT2D eigenvalue weighted by Gasteiger charge is -2.32. The maximum atomic E-state index is 12.0. The van der Waals surface area contributed by atoms with Crippen LogP contribution in [0.2, 0.25) is 0 Å². The standard InChI is InChI=1S/C16H30N4O3/c1-4-17-16(22)20-6-5-14(10-20)19-15(21)18-9-13-7-11(2)23-12(3)8-13/h11-14H,4-10H2,1-3H3,(H,17,22)(H2,18,19,21)/t11-,12-,14+/m1/s1. The van der Waals surface area contributed by atoms with Crippen LogP contribution in [-0.2, 0) is 4.74 Å². The first kappa shape index (κ1) is 17.8. The van der Waals surface area contributed by atoms with Crippen LogP contribution in [0, 0.1) is 5.92 Å². The molecule has 7 heteroatoms.